The summed E-state index contributed by atoms with van der Waals surface area (Å²) in [6.45, 7) is 5.79. The van der Waals surface area contributed by atoms with Crippen LogP contribution in [-0.2, 0) is 26.0 Å². The van der Waals surface area contributed by atoms with Gasteiger partial charge in [0, 0.05) is 56.8 Å². The number of methoxy groups -OCH3 is 1. The van der Waals surface area contributed by atoms with E-state index >= 15 is 0 Å². The predicted octanol–water partition coefficient (Wildman–Crippen LogP) is 0.401. The molecule has 5 N–H and O–H groups in total. The number of rotatable bonds is 9. The van der Waals surface area contributed by atoms with Crippen molar-refractivity contribution in [2.45, 2.75) is 36.7 Å². The van der Waals surface area contributed by atoms with Crippen molar-refractivity contribution in [2.75, 3.05) is 65.0 Å². The number of likely N-dealkylation sites (N-methyl/N-ethyl adjacent to an activating group) is 2. The molecule has 2 aromatic rings. The Morgan fingerprint density at radius 1 is 1.19 bits per heavy atom. The van der Waals surface area contributed by atoms with Gasteiger partial charge in [0.15, 0.2) is 9.84 Å². The SMILES string of the molecule is CCC1CN(C)C2=C(N[C@@](N)(Nc3ccc(S(=O)(=O)CC(=O)N4CCN(C)CC4)cc3OC)NC2=O)N1Cc1cccs1. The fourth-order valence-electron chi connectivity index (χ4n) is 5.64. The molecular formula is C28H40N8O5S2. The van der Waals surface area contributed by atoms with Crippen molar-refractivity contribution in [1.29, 1.82) is 0 Å². The van der Waals surface area contributed by atoms with E-state index < -0.39 is 27.4 Å². The van der Waals surface area contributed by atoms with Crippen LogP contribution in [0.2, 0.25) is 0 Å². The first-order chi connectivity index (χ1) is 20.4. The molecule has 0 spiro atoms. The lowest BCUT2D eigenvalue weighted by molar-refractivity contribution is -0.130. The molecule has 13 nitrogen and oxygen atoms in total. The number of hydrogen-bond donors (Lipinski definition) is 4. The summed E-state index contributed by atoms with van der Waals surface area (Å²) in [4.78, 5) is 35.1. The van der Waals surface area contributed by atoms with E-state index in [2.05, 4.69) is 38.7 Å². The number of nitrogens with zero attached hydrogens (tertiary/aromatic N) is 4. The van der Waals surface area contributed by atoms with Gasteiger partial charge < -0.3 is 35.0 Å². The number of sulfone groups is 1. The second-order valence-corrected chi connectivity index (χ2v) is 14.2. The number of thiophene rings is 1. The Labute approximate surface area is 256 Å². The highest BCUT2D eigenvalue weighted by Crippen LogP contribution is 2.33. The van der Waals surface area contributed by atoms with Gasteiger partial charge in [0.25, 0.3) is 5.91 Å². The van der Waals surface area contributed by atoms with Crippen LogP contribution in [0.25, 0.3) is 0 Å². The number of nitrogens with two attached hydrogens (primary N) is 1. The fraction of sp³-hybridized carbons (Fsp3) is 0.500. The molecule has 0 bridgehead atoms. The van der Waals surface area contributed by atoms with Crippen LogP contribution in [0, 0.1) is 0 Å². The minimum absolute atomic E-state index is 0.0455. The Kier molecular flexibility index (Phi) is 8.79. The van der Waals surface area contributed by atoms with E-state index in [0.29, 0.717) is 56.5 Å². The Balaban J connectivity index is 1.37. The number of carbonyl (C=O) groups is 2. The van der Waals surface area contributed by atoms with Crippen LogP contribution >= 0.6 is 11.3 Å². The standard InChI is InChI=1S/C28H40N8O5S2/c1-5-19-16-34(3)25-26(36(19)17-20-7-6-14-42-20)31-28(29,32-27(25)38)30-22-9-8-21(15-23(22)41-4)43(39,40)18-24(37)35-12-10-33(2)11-13-35/h6-9,14-15,19,30-31H,5,10-13,16-18,29H2,1-4H3,(H,32,38)/t19?,28-/m1/s1. The Bertz CT molecular complexity index is 1490. The molecule has 3 aliphatic heterocycles. The van der Waals surface area contributed by atoms with E-state index in [4.69, 9.17) is 10.5 Å². The van der Waals surface area contributed by atoms with Crippen molar-refractivity contribution in [3.63, 3.8) is 0 Å². The highest BCUT2D eigenvalue weighted by Gasteiger charge is 2.44. The molecule has 3 aliphatic rings. The van der Waals surface area contributed by atoms with Crippen molar-refractivity contribution >= 4 is 38.7 Å². The average Bonchev–Trinajstić information content (AvgIpc) is 3.47. The molecule has 1 saturated heterocycles. The largest absolute Gasteiger partial charge is 0.495 e. The van der Waals surface area contributed by atoms with Crippen LogP contribution in [0.3, 0.4) is 0 Å². The van der Waals surface area contributed by atoms with E-state index in [1.807, 2.05) is 30.4 Å². The number of nitrogens with one attached hydrogen (secondary N) is 3. The van der Waals surface area contributed by atoms with Crippen LogP contribution in [0.1, 0.15) is 18.2 Å². The Morgan fingerprint density at radius 3 is 2.58 bits per heavy atom. The summed E-state index contributed by atoms with van der Waals surface area (Å²) in [7, 11) is 1.32. The summed E-state index contributed by atoms with van der Waals surface area (Å²) in [5.74, 6) is -2.23. The van der Waals surface area contributed by atoms with Gasteiger partial charge in [-0.1, -0.05) is 13.0 Å². The van der Waals surface area contributed by atoms with Gasteiger partial charge in [-0.2, -0.15) is 0 Å². The molecule has 1 fully saturated rings. The van der Waals surface area contributed by atoms with Gasteiger partial charge in [-0.05, 0) is 37.0 Å². The quantitative estimate of drug-likeness (QED) is 0.284. The smallest absolute Gasteiger partial charge is 0.275 e. The van der Waals surface area contributed by atoms with Gasteiger partial charge in [0.2, 0.25) is 11.8 Å². The third kappa shape index (κ3) is 6.54. The van der Waals surface area contributed by atoms with Crippen LogP contribution in [0.5, 0.6) is 5.75 Å². The second kappa shape index (κ2) is 12.2. The van der Waals surface area contributed by atoms with E-state index in [9.17, 15) is 18.0 Å². The summed E-state index contributed by atoms with van der Waals surface area (Å²) in [6.07, 6.45) is 0.863. The molecule has 0 radical (unpaired) electrons. The molecule has 1 aromatic carbocycles. The summed E-state index contributed by atoms with van der Waals surface area (Å²) >= 11 is 1.65. The summed E-state index contributed by atoms with van der Waals surface area (Å²) < 4.78 is 31.9. The Morgan fingerprint density at radius 2 is 1.93 bits per heavy atom. The highest BCUT2D eigenvalue weighted by atomic mass is 32.2. The van der Waals surface area contributed by atoms with Crippen molar-refractivity contribution < 1.29 is 22.7 Å². The molecule has 1 unspecified atom stereocenters. The normalized spacial score (nSPS) is 23.0. The maximum absolute atomic E-state index is 13.4. The fourth-order valence-corrected chi connectivity index (χ4v) is 7.58. The molecule has 4 heterocycles. The van der Waals surface area contributed by atoms with Gasteiger partial charge in [-0.25, -0.2) is 8.42 Å². The molecule has 5 rings (SSSR count). The van der Waals surface area contributed by atoms with Crippen LogP contribution in [0.4, 0.5) is 5.69 Å². The minimum atomic E-state index is -3.94. The van der Waals surface area contributed by atoms with E-state index in [1.54, 1.807) is 16.2 Å². The zero-order valence-corrected chi connectivity index (χ0v) is 26.6. The monoisotopic (exact) mass is 632 g/mol. The molecule has 0 aliphatic carbocycles. The molecule has 2 amide bonds. The number of hydrogen-bond acceptors (Lipinski definition) is 12. The van der Waals surface area contributed by atoms with Gasteiger partial charge in [0.1, 0.15) is 23.0 Å². The lowest BCUT2D eigenvalue weighted by Gasteiger charge is -2.50. The van der Waals surface area contributed by atoms with E-state index in [0.717, 1.165) is 11.3 Å². The number of benzene rings is 1. The first kappa shape index (κ1) is 30.9. The van der Waals surface area contributed by atoms with Crippen LogP contribution in [0.15, 0.2) is 52.1 Å². The number of amides is 2. The third-order valence-electron chi connectivity index (χ3n) is 8.07. The summed E-state index contributed by atoms with van der Waals surface area (Å²) in [5, 5.41) is 11.2. The zero-order chi connectivity index (χ0) is 30.9. The van der Waals surface area contributed by atoms with Gasteiger partial charge >= 0.3 is 0 Å². The first-order valence-corrected chi connectivity index (χ1v) is 16.8. The maximum Gasteiger partial charge on any atom is 0.275 e. The zero-order valence-electron chi connectivity index (χ0n) is 24.9. The number of piperazine rings is 1. The number of ether oxygens (including phenoxy) is 1. The van der Waals surface area contributed by atoms with Crippen molar-refractivity contribution in [3.8, 4) is 5.75 Å². The number of anilines is 1. The van der Waals surface area contributed by atoms with Crippen molar-refractivity contribution in [2.24, 2.45) is 5.73 Å². The first-order valence-electron chi connectivity index (χ1n) is 14.2. The lowest BCUT2D eigenvalue weighted by atomic mass is 10.1. The van der Waals surface area contributed by atoms with Gasteiger partial charge in [-0.15, -0.1) is 11.3 Å². The highest BCUT2D eigenvalue weighted by molar-refractivity contribution is 7.92. The minimum Gasteiger partial charge on any atom is -0.495 e. The van der Waals surface area contributed by atoms with Crippen LogP contribution < -0.4 is 26.4 Å². The average molecular weight is 633 g/mol. The predicted molar refractivity (Wildman–Crippen MR) is 165 cm³/mol. The third-order valence-corrected chi connectivity index (χ3v) is 10.5. The molecule has 43 heavy (non-hydrogen) atoms. The van der Waals surface area contributed by atoms with Crippen molar-refractivity contribution in [3.05, 3.63) is 52.1 Å². The summed E-state index contributed by atoms with van der Waals surface area (Å²) in [5.41, 5.74) is 7.55. The molecule has 234 valence electrons. The number of carbonyl (C=O) groups excluding carboxylic acids is 2. The maximum atomic E-state index is 13.4. The van der Waals surface area contributed by atoms with Crippen LogP contribution in [-0.4, -0.2) is 111 Å². The van der Waals surface area contributed by atoms with E-state index in [1.165, 1.54) is 25.3 Å². The Hall–Kier alpha value is -3.53. The topological polar surface area (TPSA) is 153 Å². The molecule has 15 heteroatoms. The second-order valence-electron chi connectivity index (χ2n) is 11.2. The molecule has 0 saturated carbocycles. The molecule has 1 aromatic heterocycles. The lowest BCUT2D eigenvalue weighted by Crippen LogP contribution is -2.75. The van der Waals surface area contributed by atoms with Crippen molar-refractivity contribution in [1.82, 2.24) is 30.2 Å². The molecular weight excluding hydrogens is 592 g/mol. The summed E-state index contributed by atoms with van der Waals surface area (Å²) in [6, 6.07) is 8.48. The van der Waals surface area contributed by atoms with Gasteiger partial charge in [0.05, 0.1) is 24.2 Å². The molecule has 2 atom stereocenters. The van der Waals surface area contributed by atoms with E-state index in [-0.39, 0.29) is 22.6 Å². The van der Waals surface area contributed by atoms with Gasteiger partial charge in [-0.3, -0.25) is 20.6 Å².